The minimum atomic E-state index is -0.817. The van der Waals surface area contributed by atoms with Gasteiger partial charge in [0, 0.05) is 0 Å². The van der Waals surface area contributed by atoms with Crippen LogP contribution in [0.15, 0.2) is 30.3 Å². The number of aryl methyl sites for hydroxylation is 1. The molecule has 1 amide bonds. The number of nitrogens with zero attached hydrogens (tertiary/aromatic N) is 2. The molecule has 1 heterocycles. The zero-order valence-electron chi connectivity index (χ0n) is 16.8. The fourth-order valence-corrected chi connectivity index (χ4v) is 3.04. The minimum absolute atomic E-state index is 0.0785. The van der Waals surface area contributed by atoms with Crippen LogP contribution in [0.3, 0.4) is 0 Å². The van der Waals surface area contributed by atoms with Crippen molar-refractivity contribution in [1.29, 1.82) is 0 Å². The molecule has 0 unspecified atom stereocenters. The summed E-state index contributed by atoms with van der Waals surface area (Å²) in [6.45, 7) is 4.77. The molecule has 0 saturated heterocycles. The number of aromatic nitrogens is 2. The van der Waals surface area contributed by atoms with Gasteiger partial charge >= 0.3 is 11.9 Å². The summed E-state index contributed by atoms with van der Waals surface area (Å²) in [7, 11) is 1.25. The molecule has 9 heteroatoms. The minimum Gasteiger partial charge on any atom is -0.467 e. The third kappa shape index (κ3) is 5.35. The molecule has 0 saturated carbocycles. The third-order valence-corrected chi connectivity index (χ3v) is 4.88. The summed E-state index contributed by atoms with van der Waals surface area (Å²) in [4.78, 5) is 36.5. The Morgan fingerprint density at radius 1 is 1.24 bits per heavy atom. The third-order valence-electron chi connectivity index (χ3n) is 4.53. The molecule has 0 radical (unpaired) electrons. The molecule has 1 aromatic heterocycles. The van der Waals surface area contributed by atoms with Gasteiger partial charge in [-0.25, -0.2) is 14.3 Å². The maximum absolute atomic E-state index is 12.5. The first-order valence-corrected chi connectivity index (χ1v) is 9.52. The molecule has 29 heavy (non-hydrogen) atoms. The van der Waals surface area contributed by atoms with Crippen LogP contribution in [0, 0.1) is 12.8 Å². The quantitative estimate of drug-likeness (QED) is 0.658. The summed E-state index contributed by atoms with van der Waals surface area (Å²) in [5.41, 5.74) is 1.14. The molecule has 156 valence electrons. The number of methoxy groups -OCH3 is 1. The molecule has 0 aliphatic carbocycles. The van der Waals surface area contributed by atoms with E-state index in [0.29, 0.717) is 17.8 Å². The van der Waals surface area contributed by atoms with Crippen molar-refractivity contribution in [3.63, 3.8) is 0 Å². The van der Waals surface area contributed by atoms with Crippen LogP contribution in [0.1, 0.15) is 36.3 Å². The van der Waals surface area contributed by atoms with Gasteiger partial charge in [0.05, 0.1) is 18.5 Å². The number of halogens is 1. The van der Waals surface area contributed by atoms with Crippen LogP contribution in [0.5, 0.6) is 0 Å². The predicted octanol–water partition coefficient (Wildman–Crippen LogP) is 2.69. The fourth-order valence-electron chi connectivity index (χ4n) is 2.69. The molecule has 0 fully saturated rings. The summed E-state index contributed by atoms with van der Waals surface area (Å²) in [5, 5.41) is 6.90. The second-order valence-corrected chi connectivity index (χ2v) is 6.89. The molecule has 2 aromatic rings. The zero-order chi connectivity index (χ0) is 21.6. The van der Waals surface area contributed by atoms with E-state index in [-0.39, 0.29) is 16.6 Å². The Balaban J connectivity index is 2.06. The van der Waals surface area contributed by atoms with Crippen molar-refractivity contribution in [2.75, 3.05) is 13.7 Å². The van der Waals surface area contributed by atoms with Crippen molar-refractivity contribution < 1.29 is 23.9 Å². The fraction of sp³-hybridized carbons (Fsp3) is 0.400. The molecular formula is C20H24ClN3O5. The Morgan fingerprint density at radius 2 is 1.90 bits per heavy atom. The average Bonchev–Trinajstić information content (AvgIpc) is 3.03. The molecule has 8 nitrogen and oxygen atoms in total. The summed E-state index contributed by atoms with van der Waals surface area (Å²) in [6.07, 6.45) is 0.660. The highest BCUT2D eigenvalue weighted by molar-refractivity contribution is 6.33. The van der Waals surface area contributed by atoms with Gasteiger partial charge in [0.15, 0.2) is 6.61 Å². The first-order chi connectivity index (χ1) is 13.8. The highest BCUT2D eigenvalue weighted by Gasteiger charge is 2.28. The second-order valence-electron chi connectivity index (χ2n) is 6.53. The topological polar surface area (TPSA) is 99.5 Å². The van der Waals surface area contributed by atoms with Gasteiger partial charge < -0.3 is 14.8 Å². The summed E-state index contributed by atoms with van der Waals surface area (Å²) in [5.74, 6) is -2.08. The number of rotatable bonds is 8. The Morgan fingerprint density at radius 3 is 2.48 bits per heavy atom. The van der Waals surface area contributed by atoms with Gasteiger partial charge in [-0.15, -0.1) is 0 Å². The summed E-state index contributed by atoms with van der Waals surface area (Å²) >= 11 is 6.32. The molecular weight excluding hydrogens is 398 g/mol. The van der Waals surface area contributed by atoms with E-state index in [4.69, 9.17) is 21.1 Å². The number of benzene rings is 1. The molecule has 0 aliphatic rings. The first kappa shape index (κ1) is 22.4. The van der Waals surface area contributed by atoms with E-state index >= 15 is 0 Å². The van der Waals surface area contributed by atoms with Gasteiger partial charge in [0.1, 0.15) is 16.8 Å². The van der Waals surface area contributed by atoms with E-state index in [1.165, 1.54) is 11.8 Å². The SMILES string of the molecule is CC[C@@H](C)[C@H](NC(=O)COC(=O)c1c(C)nn(-c2ccccc2)c1Cl)C(=O)OC. The molecule has 2 rings (SSSR count). The first-order valence-electron chi connectivity index (χ1n) is 9.14. The van der Waals surface area contributed by atoms with Crippen LogP contribution in [-0.4, -0.2) is 47.4 Å². The van der Waals surface area contributed by atoms with Gasteiger partial charge in [0.25, 0.3) is 5.91 Å². The number of ether oxygens (including phenoxy) is 2. The molecule has 2 atom stereocenters. The van der Waals surface area contributed by atoms with Crippen molar-refractivity contribution in [3.05, 3.63) is 46.7 Å². The number of hydrogen-bond donors (Lipinski definition) is 1. The molecule has 0 bridgehead atoms. The number of nitrogens with one attached hydrogen (secondary N) is 1. The summed E-state index contributed by atoms with van der Waals surface area (Å²) in [6, 6.07) is 8.26. The van der Waals surface area contributed by atoms with Gasteiger partial charge in [-0.2, -0.15) is 5.10 Å². The number of carbonyl (C=O) groups excluding carboxylic acids is 3. The van der Waals surface area contributed by atoms with Crippen molar-refractivity contribution in [2.24, 2.45) is 5.92 Å². The molecule has 1 N–H and O–H groups in total. The predicted molar refractivity (Wildman–Crippen MR) is 107 cm³/mol. The highest BCUT2D eigenvalue weighted by Crippen LogP contribution is 2.24. The Kier molecular flexibility index (Phi) is 7.78. The van der Waals surface area contributed by atoms with Crippen LogP contribution >= 0.6 is 11.6 Å². The Bertz CT molecular complexity index is 882. The number of amides is 1. The lowest BCUT2D eigenvalue weighted by Crippen LogP contribution is -2.47. The Labute approximate surface area is 174 Å². The Hall–Kier alpha value is -2.87. The van der Waals surface area contributed by atoms with Gasteiger partial charge in [-0.3, -0.25) is 4.79 Å². The van der Waals surface area contributed by atoms with E-state index in [2.05, 4.69) is 10.4 Å². The number of carbonyl (C=O) groups is 3. The lowest BCUT2D eigenvalue weighted by molar-refractivity contribution is -0.147. The lowest BCUT2D eigenvalue weighted by Gasteiger charge is -2.21. The molecule has 0 spiro atoms. The number of esters is 2. The molecule has 1 aromatic carbocycles. The van der Waals surface area contributed by atoms with E-state index < -0.39 is 30.5 Å². The normalized spacial score (nSPS) is 12.7. The van der Waals surface area contributed by atoms with Crippen molar-refractivity contribution in [2.45, 2.75) is 33.2 Å². The van der Waals surface area contributed by atoms with Crippen molar-refractivity contribution in [3.8, 4) is 5.69 Å². The maximum atomic E-state index is 12.5. The van der Waals surface area contributed by atoms with Crippen LogP contribution in [0.4, 0.5) is 0 Å². The van der Waals surface area contributed by atoms with Gasteiger partial charge in [-0.1, -0.05) is 50.1 Å². The van der Waals surface area contributed by atoms with E-state index in [1.807, 2.05) is 32.0 Å². The van der Waals surface area contributed by atoms with Crippen LogP contribution in [0.25, 0.3) is 5.69 Å². The van der Waals surface area contributed by atoms with E-state index in [1.54, 1.807) is 19.1 Å². The number of para-hydroxylation sites is 1. The zero-order valence-corrected chi connectivity index (χ0v) is 17.5. The number of hydrogen-bond acceptors (Lipinski definition) is 6. The lowest BCUT2D eigenvalue weighted by atomic mass is 9.99. The summed E-state index contributed by atoms with van der Waals surface area (Å²) < 4.78 is 11.2. The largest absolute Gasteiger partial charge is 0.467 e. The highest BCUT2D eigenvalue weighted by atomic mass is 35.5. The van der Waals surface area contributed by atoms with Crippen molar-refractivity contribution in [1.82, 2.24) is 15.1 Å². The van der Waals surface area contributed by atoms with Crippen LogP contribution < -0.4 is 5.32 Å². The van der Waals surface area contributed by atoms with Crippen molar-refractivity contribution >= 4 is 29.4 Å². The van der Waals surface area contributed by atoms with Crippen LogP contribution in [0.2, 0.25) is 5.15 Å². The smallest absolute Gasteiger partial charge is 0.343 e. The van der Waals surface area contributed by atoms with E-state index in [0.717, 1.165) is 0 Å². The van der Waals surface area contributed by atoms with Gasteiger partial charge in [-0.05, 0) is 25.0 Å². The second kappa shape index (κ2) is 10.1. The van der Waals surface area contributed by atoms with Crippen LogP contribution in [-0.2, 0) is 19.1 Å². The van der Waals surface area contributed by atoms with Gasteiger partial charge in [0.2, 0.25) is 0 Å². The maximum Gasteiger partial charge on any atom is 0.343 e. The monoisotopic (exact) mass is 421 g/mol. The standard InChI is InChI=1S/C20H24ClN3O5/c1-5-12(2)17(20(27)28-4)22-15(25)11-29-19(26)16-13(3)23-24(18(16)21)14-9-7-6-8-10-14/h6-10,12,17H,5,11H2,1-4H3,(H,22,25)/t12-,17+/m1/s1. The molecule has 0 aliphatic heterocycles. The average molecular weight is 422 g/mol. The van der Waals surface area contributed by atoms with E-state index in [9.17, 15) is 14.4 Å².